The molecule has 0 aliphatic heterocycles. The molecule has 0 saturated carbocycles. The topological polar surface area (TPSA) is 9.23 Å². The van der Waals surface area contributed by atoms with Gasteiger partial charge in [0.05, 0.1) is 0 Å². The van der Waals surface area contributed by atoms with Crippen molar-refractivity contribution in [3.8, 4) is 5.75 Å². The summed E-state index contributed by atoms with van der Waals surface area (Å²) in [5.74, 6) is 0.789. The Morgan fingerprint density at radius 3 is 2.39 bits per heavy atom. The van der Waals surface area contributed by atoms with Gasteiger partial charge in [0.25, 0.3) is 0 Å². The first-order valence-corrected chi connectivity index (χ1v) is 5.99. The highest BCUT2D eigenvalue weighted by Gasteiger charge is 1.98. The molecular formula is C17H13O. The number of hydrogen-bond acceptors (Lipinski definition) is 1. The summed E-state index contributed by atoms with van der Waals surface area (Å²) >= 11 is 0. The van der Waals surface area contributed by atoms with Crippen LogP contribution in [0, 0.1) is 6.07 Å². The highest BCUT2D eigenvalue weighted by atomic mass is 16.5. The molecule has 0 amide bonds. The van der Waals surface area contributed by atoms with Crippen LogP contribution in [0.1, 0.15) is 5.56 Å². The van der Waals surface area contributed by atoms with Gasteiger partial charge in [-0.2, -0.15) is 0 Å². The minimum absolute atomic E-state index is 0.579. The van der Waals surface area contributed by atoms with Crippen molar-refractivity contribution in [1.29, 1.82) is 0 Å². The van der Waals surface area contributed by atoms with Crippen molar-refractivity contribution in [3.63, 3.8) is 0 Å². The Balaban J connectivity index is 1.79. The standard InChI is InChI=1S/C17H13O/c1-2-6-14(7-3-1)13-18-17-11-10-15-8-4-5-9-16(15)12-17/h1-10,12H,13H2. The van der Waals surface area contributed by atoms with Gasteiger partial charge in [-0.25, -0.2) is 0 Å². The van der Waals surface area contributed by atoms with Crippen LogP contribution in [-0.2, 0) is 6.61 Å². The van der Waals surface area contributed by atoms with E-state index in [4.69, 9.17) is 4.74 Å². The molecule has 0 aliphatic carbocycles. The Hall–Kier alpha value is -2.28. The molecule has 3 rings (SSSR count). The molecule has 3 aromatic rings. The molecule has 0 heterocycles. The average Bonchev–Trinajstić information content (AvgIpc) is 2.46. The Labute approximate surface area is 107 Å². The van der Waals surface area contributed by atoms with Crippen LogP contribution in [0.5, 0.6) is 5.75 Å². The lowest BCUT2D eigenvalue weighted by molar-refractivity contribution is 0.306. The lowest BCUT2D eigenvalue weighted by atomic mass is 10.1. The van der Waals surface area contributed by atoms with Crippen LogP contribution >= 0.6 is 0 Å². The zero-order valence-corrected chi connectivity index (χ0v) is 9.97. The van der Waals surface area contributed by atoms with Crippen molar-refractivity contribution in [2.75, 3.05) is 0 Å². The monoisotopic (exact) mass is 233 g/mol. The van der Waals surface area contributed by atoms with Gasteiger partial charge >= 0.3 is 0 Å². The molecular weight excluding hydrogens is 220 g/mol. The van der Waals surface area contributed by atoms with Gasteiger partial charge in [-0.3, -0.25) is 0 Å². The zero-order chi connectivity index (χ0) is 12.2. The van der Waals surface area contributed by atoms with Crippen LogP contribution in [0.15, 0.2) is 66.7 Å². The number of ether oxygens (including phenoxy) is 1. The molecule has 1 heteroatoms. The number of benzene rings is 3. The average molecular weight is 233 g/mol. The van der Waals surface area contributed by atoms with Gasteiger partial charge in [0.15, 0.2) is 0 Å². The Kier molecular flexibility index (Phi) is 2.97. The van der Waals surface area contributed by atoms with Crippen molar-refractivity contribution in [2.24, 2.45) is 0 Å². The second kappa shape index (κ2) is 4.92. The third-order valence-corrected chi connectivity index (χ3v) is 2.89. The molecule has 3 aromatic carbocycles. The van der Waals surface area contributed by atoms with Gasteiger partial charge in [-0.15, -0.1) is 0 Å². The summed E-state index contributed by atoms with van der Waals surface area (Å²) in [6, 6.07) is 25.5. The minimum atomic E-state index is 0.579. The molecule has 0 saturated heterocycles. The van der Waals surface area contributed by atoms with Crippen molar-refractivity contribution in [1.82, 2.24) is 0 Å². The molecule has 0 fully saturated rings. The van der Waals surface area contributed by atoms with Crippen molar-refractivity contribution in [3.05, 3.63) is 78.4 Å². The van der Waals surface area contributed by atoms with Crippen LogP contribution in [-0.4, -0.2) is 0 Å². The summed E-state index contributed by atoms with van der Waals surface area (Å²) < 4.78 is 5.74. The fourth-order valence-electron chi connectivity index (χ4n) is 1.92. The van der Waals surface area contributed by atoms with E-state index in [2.05, 4.69) is 30.3 Å². The normalized spacial score (nSPS) is 10.4. The van der Waals surface area contributed by atoms with E-state index >= 15 is 0 Å². The van der Waals surface area contributed by atoms with Gasteiger partial charge in [0, 0.05) is 6.07 Å². The van der Waals surface area contributed by atoms with Crippen molar-refractivity contribution < 1.29 is 4.74 Å². The molecule has 0 bridgehead atoms. The van der Waals surface area contributed by atoms with Gasteiger partial charge in [0.2, 0.25) is 0 Å². The maximum Gasteiger partial charge on any atom is 0.128 e. The first-order valence-electron chi connectivity index (χ1n) is 5.99. The minimum Gasteiger partial charge on any atom is -0.488 e. The summed E-state index contributed by atoms with van der Waals surface area (Å²) in [7, 11) is 0. The lowest BCUT2D eigenvalue weighted by Crippen LogP contribution is -1.94. The number of fused-ring (bicyclic) bond motifs is 1. The molecule has 1 nitrogen and oxygen atoms in total. The van der Waals surface area contributed by atoms with Crippen LogP contribution in [0.3, 0.4) is 0 Å². The lowest BCUT2D eigenvalue weighted by Gasteiger charge is -2.06. The molecule has 0 aliphatic rings. The third-order valence-electron chi connectivity index (χ3n) is 2.89. The Morgan fingerprint density at radius 2 is 1.56 bits per heavy atom. The first-order chi connectivity index (χ1) is 8.92. The second-order valence-electron chi connectivity index (χ2n) is 4.20. The van der Waals surface area contributed by atoms with Gasteiger partial charge < -0.3 is 4.74 Å². The van der Waals surface area contributed by atoms with Crippen LogP contribution in [0.2, 0.25) is 0 Å². The van der Waals surface area contributed by atoms with Gasteiger partial charge in [-0.05, 0) is 28.5 Å². The summed E-state index contributed by atoms with van der Waals surface area (Å²) in [5.41, 5.74) is 1.17. The Morgan fingerprint density at radius 1 is 0.833 bits per heavy atom. The largest absolute Gasteiger partial charge is 0.488 e. The molecule has 0 N–H and O–H groups in total. The quantitative estimate of drug-likeness (QED) is 0.658. The maximum atomic E-state index is 5.74. The van der Waals surface area contributed by atoms with Gasteiger partial charge in [-0.1, -0.05) is 54.6 Å². The molecule has 0 spiro atoms. The van der Waals surface area contributed by atoms with Crippen LogP contribution < -0.4 is 4.74 Å². The van der Waals surface area contributed by atoms with E-state index in [-0.39, 0.29) is 0 Å². The van der Waals surface area contributed by atoms with Crippen LogP contribution in [0.4, 0.5) is 0 Å². The van der Waals surface area contributed by atoms with E-state index in [1.807, 2.05) is 42.5 Å². The number of hydrogen-bond donors (Lipinski definition) is 0. The highest BCUT2D eigenvalue weighted by Crippen LogP contribution is 2.20. The molecule has 0 unspecified atom stereocenters. The van der Waals surface area contributed by atoms with Gasteiger partial charge in [0.1, 0.15) is 12.4 Å². The Bertz CT molecular complexity index is 644. The maximum absolute atomic E-state index is 5.74. The third kappa shape index (κ3) is 2.35. The molecule has 1 radical (unpaired) electrons. The van der Waals surface area contributed by atoms with E-state index in [1.54, 1.807) is 0 Å². The van der Waals surface area contributed by atoms with Crippen molar-refractivity contribution in [2.45, 2.75) is 6.61 Å². The smallest absolute Gasteiger partial charge is 0.128 e. The van der Waals surface area contributed by atoms with E-state index in [1.165, 1.54) is 16.3 Å². The van der Waals surface area contributed by atoms with Crippen LogP contribution in [0.25, 0.3) is 10.8 Å². The van der Waals surface area contributed by atoms with E-state index in [0.717, 1.165) is 5.75 Å². The molecule has 0 aromatic heterocycles. The molecule has 18 heavy (non-hydrogen) atoms. The first kappa shape index (κ1) is 10.8. The van der Waals surface area contributed by atoms with E-state index in [9.17, 15) is 0 Å². The summed E-state index contributed by atoms with van der Waals surface area (Å²) in [6.45, 7) is 0.579. The predicted molar refractivity (Wildman–Crippen MR) is 73.6 cm³/mol. The zero-order valence-electron chi connectivity index (χ0n) is 9.97. The fraction of sp³-hybridized carbons (Fsp3) is 0.0588. The second-order valence-corrected chi connectivity index (χ2v) is 4.20. The summed E-state index contributed by atoms with van der Waals surface area (Å²) in [4.78, 5) is 0. The molecule has 87 valence electrons. The summed E-state index contributed by atoms with van der Waals surface area (Å²) in [5, 5.41) is 2.36. The van der Waals surface area contributed by atoms with E-state index < -0.39 is 0 Å². The highest BCUT2D eigenvalue weighted by molar-refractivity contribution is 5.83. The fourth-order valence-corrected chi connectivity index (χ4v) is 1.92. The SMILES string of the molecule is [c]1cc2ccccc2cc1OCc1ccccc1. The predicted octanol–water partition coefficient (Wildman–Crippen LogP) is 4.22. The van der Waals surface area contributed by atoms with E-state index in [0.29, 0.717) is 6.61 Å². The molecule has 0 atom stereocenters. The number of rotatable bonds is 3. The summed E-state index contributed by atoms with van der Waals surface area (Å²) in [6.07, 6.45) is 0. The van der Waals surface area contributed by atoms with Crippen molar-refractivity contribution >= 4 is 10.8 Å².